The molecule has 1 aromatic carbocycles. The summed E-state index contributed by atoms with van der Waals surface area (Å²) in [4.78, 5) is 14.2. The van der Waals surface area contributed by atoms with Gasteiger partial charge in [0.15, 0.2) is 0 Å². The number of furan rings is 1. The predicted molar refractivity (Wildman–Crippen MR) is 84.6 cm³/mol. The van der Waals surface area contributed by atoms with Crippen LogP contribution in [0.2, 0.25) is 0 Å². The average Bonchev–Trinajstić information content (AvgIpc) is 3.16. The number of carbonyl (C=O) groups is 1. The fourth-order valence-corrected chi connectivity index (χ4v) is 2.79. The third-order valence-electron chi connectivity index (χ3n) is 4.17. The second-order valence-electron chi connectivity index (χ2n) is 5.97. The van der Waals surface area contributed by atoms with Gasteiger partial charge in [0.1, 0.15) is 11.3 Å². The first-order valence-corrected chi connectivity index (χ1v) is 7.65. The second kappa shape index (κ2) is 6.50. The van der Waals surface area contributed by atoms with Crippen LogP contribution in [0.3, 0.4) is 0 Å². The molecule has 1 aliphatic rings. The van der Waals surface area contributed by atoms with Crippen molar-refractivity contribution in [3.05, 3.63) is 36.1 Å². The first-order chi connectivity index (χ1) is 10.6. The summed E-state index contributed by atoms with van der Waals surface area (Å²) in [7, 11) is 3.98. The highest BCUT2D eigenvalue weighted by Gasteiger charge is 2.25. The smallest absolute Gasteiger partial charge is 0.225 e. The number of amides is 1. The fourth-order valence-electron chi connectivity index (χ4n) is 2.79. The van der Waals surface area contributed by atoms with Gasteiger partial charge in [0.05, 0.1) is 18.6 Å². The molecule has 118 valence electrons. The van der Waals surface area contributed by atoms with Crippen LogP contribution in [0.1, 0.15) is 18.2 Å². The van der Waals surface area contributed by atoms with Gasteiger partial charge in [-0.1, -0.05) is 18.2 Å². The van der Waals surface area contributed by atoms with Gasteiger partial charge in [-0.05, 0) is 32.6 Å². The van der Waals surface area contributed by atoms with Gasteiger partial charge >= 0.3 is 0 Å². The summed E-state index contributed by atoms with van der Waals surface area (Å²) in [5, 5.41) is 4.11. The molecule has 3 rings (SSSR count). The van der Waals surface area contributed by atoms with Gasteiger partial charge in [-0.2, -0.15) is 0 Å². The molecule has 0 bridgehead atoms. The normalized spacial score (nSPS) is 19.7. The lowest BCUT2D eigenvalue weighted by molar-refractivity contribution is -0.125. The maximum atomic E-state index is 12.1. The van der Waals surface area contributed by atoms with E-state index in [2.05, 4.69) is 10.2 Å². The van der Waals surface area contributed by atoms with Crippen molar-refractivity contribution in [1.82, 2.24) is 10.2 Å². The van der Waals surface area contributed by atoms with Crippen LogP contribution in [0.25, 0.3) is 11.0 Å². The Kier molecular flexibility index (Phi) is 4.45. The molecule has 5 nitrogen and oxygen atoms in total. The monoisotopic (exact) mass is 302 g/mol. The highest BCUT2D eigenvalue weighted by Crippen LogP contribution is 2.26. The zero-order valence-electron chi connectivity index (χ0n) is 13.0. The van der Waals surface area contributed by atoms with Crippen LogP contribution >= 0.6 is 0 Å². The van der Waals surface area contributed by atoms with Crippen molar-refractivity contribution in [2.45, 2.75) is 12.5 Å². The number of benzene rings is 1. The number of nitrogens with one attached hydrogen (secondary N) is 1. The van der Waals surface area contributed by atoms with E-state index in [1.54, 1.807) is 0 Å². The summed E-state index contributed by atoms with van der Waals surface area (Å²) in [5.41, 5.74) is 0.875. The molecule has 1 N–H and O–H groups in total. The van der Waals surface area contributed by atoms with E-state index in [1.165, 1.54) is 0 Å². The minimum atomic E-state index is -0.0153. The Balaban J connectivity index is 1.70. The molecule has 22 heavy (non-hydrogen) atoms. The Bertz CT molecular complexity index is 611. The predicted octanol–water partition coefficient (Wildman–Crippen LogP) is 2.19. The third kappa shape index (κ3) is 3.15. The molecule has 1 saturated heterocycles. The van der Waals surface area contributed by atoms with E-state index in [1.807, 2.05) is 44.4 Å². The molecule has 2 heterocycles. The SMILES string of the molecule is CN(C)[C@H](CNC(=O)[C@@H]1CCOC1)c1cc2ccccc2o1. The number of carbonyl (C=O) groups excluding carboxylic acids is 1. The molecular weight excluding hydrogens is 280 g/mol. The maximum absolute atomic E-state index is 12.1. The zero-order valence-corrected chi connectivity index (χ0v) is 13.0. The first-order valence-electron chi connectivity index (χ1n) is 7.65. The molecule has 0 unspecified atom stereocenters. The molecule has 1 aliphatic heterocycles. The summed E-state index contributed by atoms with van der Waals surface area (Å²) in [6, 6.07) is 10.0. The molecule has 0 aliphatic carbocycles. The minimum Gasteiger partial charge on any atom is -0.459 e. The van der Waals surface area contributed by atoms with Gasteiger partial charge < -0.3 is 14.5 Å². The zero-order chi connectivity index (χ0) is 15.5. The minimum absolute atomic E-state index is 0.0127. The van der Waals surface area contributed by atoms with Crippen molar-refractivity contribution in [2.75, 3.05) is 33.9 Å². The molecular formula is C17H22N2O3. The number of para-hydroxylation sites is 1. The third-order valence-corrected chi connectivity index (χ3v) is 4.17. The van der Waals surface area contributed by atoms with Crippen molar-refractivity contribution in [3.8, 4) is 0 Å². The van der Waals surface area contributed by atoms with Crippen LogP contribution in [0.15, 0.2) is 34.7 Å². The van der Waals surface area contributed by atoms with E-state index in [0.717, 1.165) is 23.2 Å². The molecule has 0 spiro atoms. The molecule has 0 radical (unpaired) electrons. The summed E-state index contributed by atoms with van der Waals surface area (Å²) in [5.74, 6) is 0.924. The first kappa shape index (κ1) is 15.1. The lowest BCUT2D eigenvalue weighted by atomic mass is 10.1. The lowest BCUT2D eigenvalue weighted by Gasteiger charge is -2.23. The Hall–Kier alpha value is -1.85. The van der Waals surface area contributed by atoms with Crippen molar-refractivity contribution >= 4 is 16.9 Å². The van der Waals surface area contributed by atoms with Crippen LogP contribution in [-0.2, 0) is 9.53 Å². The molecule has 1 aromatic heterocycles. The number of hydrogen-bond acceptors (Lipinski definition) is 4. The number of rotatable bonds is 5. The van der Waals surface area contributed by atoms with Crippen molar-refractivity contribution < 1.29 is 13.9 Å². The van der Waals surface area contributed by atoms with Gasteiger partial charge in [0.25, 0.3) is 0 Å². The number of fused-ring (bicyclic) bond motifs is 1. The summed E-state index contributed by atoms with van der Waals surface area (Å²) >= 11 is 0. The van der Waals surface area contributed by atoms with Crippen LogP contribution in [0.4, 0.5) is 0 Å². The van der Waals surface area contributed by atoms with Crippen molar-refractivity contribution in [3.63, 3.8) is 0 Å². The summed E-state index contributed by atoms with van der Waals surface area (Å²) in [6.07, 6.45) is 0.809. The van der Waals surface area contributed by atoms with E-state index in [-0.39, 0.29) is 17.9 Å². The van der Waals surface area contributed by atoms with Crippen LogP contribution < -0.4 is 5.32 Å². The van der Waals surface area contributed by atoms with Gasteiger partial charge in [-0.15, -0.1) is 0 Å². The van der Waals surface area contributed by atoms with Crippen molar-refractivity contribution in [2.24, 2.45) is 5.92 Å². The van der Waals surface area contributed by atoms with Gasteiger partial charge in [0, 0.05) is 18.5 Å². The van der Waals surface area contributed by atoms with Gasteiger partial charge in [-0.25, -0.2) is 0 Å². The molecule has 2 aromatic rings. The molecule has 2 atom stereocenters. The highest BCUT2D eigenvalue weighted by molar-refractivity contribution is 5.79. The summed E-state index contributed by atoms with van der Waals surface area (Å²) < 4.78 is 11.2. The second-order valence-corrected chi connectivity index (χ2v) is 5.97. The average molecular weight is 302 g/mol. The Labute approximate surface area is 130 Å². The van der Waals surface area contributed by atoms with Crippen LogP contribution in [-0.4, -0.2) is 44.7 Å². The lowest BCUT2D eigenvalue weighted by Crippen LogP contribution is -2.37. The Morgan fingerprint density at radius 2 is 2.23 bits per heavy atom. The Morgan fingerprint density at radius 1 is 1.41 bits per heavy atom. The number of nitrogens with zero attached hydrogens (tertiary/aromatic N) is 1. The summed E-state index contributed by atoms with van der Waals surface area (Å²) in [6.45, 7) is 1.74. The molecule has 1 fully saturated rings. The standard InChI is InChI=1S/C17H22N2O3/c1-19(2)14(10-18-17(20)13-7-8-21-11-13)16-9-12-5-3-4-6-15(12)22-16/h3-6,9,13-14H,7-8,10-11H2,1-2H3,(H,18,20)/t13-,14-/m1/s1. The van der Waals surface area contributed by atoms with E-state index < -0.39 is 0 Å². The number of ether oxygens (including phenoxy) is 1. The Morgan fingerprint density at radius 3 is 2.91 bits per heavy atom. The number of hydrogen-bond donors (Lipinski definition) is 1. The van der Waals surface area contributed by atoms with E-state index in [0.29, 0.717) is 19.8 Å². The van der Waals surface area contributed by atoms with Crippen LogP contribution in [0.5, 0.6) is 0 Å². The molecule has 5 heteroatoms. The largest absolute Gasteiger partial charge is 0.459 e. The maximum Gasteiger partial charge on any atom is 0.225 e. The van der Waals surface area contributed by atoms with Gasteiger partial charge in [0.2, 0.25) is 5.91 Å². The fraction of sp³-hybridized carbons (Fsp3) is 0.471. The van der Waals surface area contributed by atoms with Crippen LogP contribution in [0, 0.1) is 5.92 Å². The number of likely N-dealkylation sites (N-methyl/N-ethyl adjacent to an activating group) is 1. The quantitative estimate of drug-likeness (QED) is 0.920. The van der Waals surface area contributed by atoms with Crippen molar-refractivity contribution in [1.29, 1.82) is 0 Å². The van der Waals surface area contributed by atoms with E-state index in [9.17, 15) is 4.79 Å². The molecule has 1 amide bonds. The van der Waals surface area contributed by atoms with Gasteiger partial charge in [-0.3, -0.25) is 9.69 Å². The molecule has 0 saturated carbocycles. The van der Waals surface area contributed by atoms with E-state index in [4.69, 9.17) is 9.15 Å². The van der Waals surface area contributed by atoms with E-state index >= 15 is 0 Å². The highest BCUT2D eigenvalue weighted by atomic mass is 16.5. The topological polar surface area (TPSA) is 54.7 Å².